The lowest BCUT2D eigenvalue weighted by Crippen LogP contribution is -2.47. The minimum atomic E-state index is -0.174. The molecule has 102 valence electrons. The Hall–Kier alpha value is -0.580. The van der Waals surface area contributed by atoms with E-state index in [1.807, 2.05) is 18.2 Å². The fourth-order valence-corrected chi connectivity index (χ4v) is 2.48. The minimum absolute atomic E-state index is 0.164. The first-order valence-corrected chi connectivity index (χ1v) is 7.08. The third-order valence-corrected chi connectivity index (χ3v) is 4.16. The predicted molar refractivity (Wildman–Crippen MR) is 77.9 cm³/mol. The van der Waals surface area contributed by atoms with Gasteiger partial charge in [-0.15, -0.1) is 0 Å². The average molecular weight is 316 g/mol. The highest BCUT2D eigenvalue weighted by Gasteiger charge is 2.23. The fourth-order valence-electron chi connectivity index (χ4n) is 1.89. The van der Waals surface area contributed by atoms with Crippen molar-refractivity contribution in [1.82, 2.24) is 5.32 Å². The Labute approximate surface area is 118 Å². The van der Waals surface area contributed by atoms with Gasteiger partial charge in [-0.05, 0) is 46.5 Å². The second kappa shape index (κ2) is 7.12. The van der Waals surface area contributed by atoms with Crippen LogP contribution < -0.4 is 10.1 Å². The van der Waals surface area contributed by atoms with E-state index in [0.29, 0.717) is 0 Å². The van der Waals surface area contributed by atoms with Crippen LogP contribution in [0.25, 0.3) is 0 Å². The van der Waals surface area contributed by atoms with Crippen molar-refractivity contribution in [3.8, 4) is 5.75 Å². The summed E-state index contributed by atoms with van der Waals surface area (Å²) in [6, 6.07) is 6.02. The van der Waals surface area contributed by atoms with Gasteiger partial charge in [-0.2, -0.15) is 0 Å². The normalized spacial score (nSPS) is 11.6. The Balaban J connectivity index is 2.71. The summed E-state index contributed by atoms with van der Waals surface area (Å²) in [5, 5.41) is 13.0. The number of rotatable bonds is 7. The van der Waals surface area contributed by atoms with Crippen LogP contribution in [0.1, 0.15) is 32.3 Å². The molecule has 1 rings (SSSR count). The van der Waals surface area contributed by atoms with Gasteiger partial charge in [0.1, 0.15) is 5.75 Å². The summed E-state index contributed by atoms with van der Waals surface area (Å²) in [5.74, 6) is 0.832. The molecule has 0 heterocycles. The van der Waals surface area contributed by atoms with Crippen LogP contribution in [0.2, 0.25) is 0 Å². The molecule has 0 aromatic heterocycles. The van der Waals surface area contributed by atoms with Crippen LogP contribution in [0.3, 0.4) is 0 Å². The Morgan fingerprint density at radius 3 is 2.44 bits per heavy atom. The molecule has 0 aliphatic carbocycles. The maximum absolute atomic E-state index is 9.50. The van der Waals surface area contributed by atoms with E-state index in [1.165, 1.54) is 5.56 Å². The highest BCUT2D eigenvalue weighted by Crippen LogP contribution is 2.26. The van der Waals surface area contributed by atoms with Crippen molar-refractivity contribution in [3.63, 3.8) is 0 Å². The molecule has 0 aliphatic rings. The van der Waals surface area contributed by atoms with E-state index in [2.05, 4.69) is 35.1 Å². The Morgan fingerprint density at radius 2 is 2.00 bits per heavy atom. The van der Waals surface area contributed by atoms with Gasteiger partial charge >= 0.3 is 0 Å². The Bertz CT molecular complexity index is 370. The second-order valence-electron chi connectivity index (χ2n) is 4.47. The lowest BCUT2D eigenvalue weighted by molar-refractivity contribution is 0.149. The SMILES string of the molecule is CCC(CC)(CO)NCc1ccc(OC)c(Br)c1. The molecule has 2 N–H and O–H groups in total. The van der Waals surface area contributed by atoms with Gasteiger partial charge in [0.2, 0.25) is 0 Å². The molecule has 0 atom stereocenters. The molecule has 0 radical (unpaired) electrons. The monoisotopic (exact) mass is 315 g/mol. The molecular weight excluding hydrogens is 294 g/mol. The third-order valence-electron chi connectivity index (χ3n) is 3.54. The summed E-state index contributed by atoms with van der Waals surface area (Å²) in [7, 11) is 1.66. The average Bonchev–Trinajstić information content (AvgIpc) is 2.41. The molecule has 0 saturated carbocycles. The maximum Gasteiger partial charge on any atom is 0.133 e. The van der Waals surface area contributed by atoms with E-state index in [4.69, 9.17) is 4.74 Å². The molecule has 3 nitrogen and oxygen atoms in total. The number of halogens is 1. The predicted octanol–water partition coefficient (Wildman–Crippen LogP) is 3.10. The van der Waals surface area contributed by atoms with Crippen LogP contribution in [0.15, 0.2) is 22.7 Å². The molecule has 0 bridgehead atoms. The van der Waals surface area contributed by atoms with Gasteiger partial charge < -0.3 is 15.2 Å². The van der Waals surface area contributed by atoms with Gasteiger partial charge in [0.05, 0.1) is 18.2 Å². The summed E-state index contributed by atoms with van der Waals surface area (Å²) in [6.07, 6.45) is 1.83. The summed E-state index contributed by atoms with van der Waals surface area (Å²) in [6.45, 7) is 5.09. The number of hydrogen-bond donors (Lipinski definition) is 2. The Morgan fingerprint density at radius 1 is 1.33 bits per heavy atom. The molecule has 0 aliphatic heterocycles. The number of benzene rings is 1. The van der Waals surface area contributed by atoms with Crippen LogP contribution in [0.4, 0.5) is 0 Å². The molecule has 0 unspecified atom stereocenters. The number of aliphatic hydroxyl groups is 1. The smallest absolute Gasteiger partial charge is 0.133 e. The van der Waals surface area contributed by atoms with Crippen molar-refractivity contribution in [3.05, 3.63) is 28.2 Å². The zero-order valence-corrected chi connectivity index (χ0v) is 12.9. The highest BCUT2D eigenvalue weighted by molar-refractivity contribution is 9.10. The summed E-state index contributed by atoms with van der Waals surface area (Å²) >= 11 is 3.48. The minimum Gasteiger partial charge on any atom is -0.496 e. The summed E-state index contributed by atoms with van der Waals surface area (Å²) in [4.78, 5) is 0. The standard InChI is InChI=1S/C14H22BrNO2/c1-4-14(5-2,10-17)16-9-11-6-7-13(18-3)12(15)8-11/h6-8,16-17H,4-5,9-10H2,1-3H3. The summed E-state index contributed by atoms with van der Waals surface area (Å²) in [5.41, 5.74) is 0.995. The van der Waals surface area contributed by atoms with Gasteiger partial charge in [0, 0.05) is 12.1 Å². The van der Waals surface area contributed by atoms with Crippen LogP contribution in [-0.4, -0.2) is 24.4 Å². The van der Waals surface area contributed by atoms with Gasteiger partial charge in [-0.1, -0.05) is 19.9 Å². The van der Waals surface area contributed by atoms with Crippen molar-refractivity contribution < 1.29 is 9.84 Å². The van der Waals surface area contributed by atoms with Crippen molar-refractivity contribution in [1.29, 1.82) is 0 Å². The van der Waals surface area contributed by atoms with Crippen molar-refractivity contribution in [2.45, 2.75) is 38.8 Å². The van der Waals surface area contributed by atoms with Gasteiger partial charge in [0.15, 0.2) is 0 Å². The molecule has 1 aromatic carbocycles. The quantitative estimate of drug-likeness (QED) is 0.812. The van der Waals surface area contributed by atoms with Crippen molar-refractivity contribution >= 4 is 15.9 Å². The van der Waals surface area contributed by atoms with E-state index in [0.717, 1.165) is 29.6 Å². The van der Waals surface area contributed by atoms with Crippen molar-refractivity contribution in [2.75, 3.05) is 13.7 Å². The number of nitrogens with one attached hydrogen (secondary N) is 1. The highest BCUT2D eigenvalue weighted by atomic mass is 79.9. The van der Waals surface area contributed by atoms with E-state index in [-0.39, 0.29) is 12.1 Å². The van der Waals surface area contributed by atoms with Gasteiger partial charge in [-0.25, -0.2) is 0 Å². The third kappa shape index (κ3) is 3.70. The van der Waals surface area contributed by atoms with Crippen LogP contribution >= 0.6 is 15.9 Å². The zero-order valence-electron chi connectivity index (χ0n) is 11.3. The molecule has 18 heavy (non-hydrogen) atoms. The molecule has 0 amide bonds. The van der Waals surface area contributed by atoms with Crippen LogP contribution in [0, 0.1) is 0 Å². The van der Waals surface area contributed by atoms with Crippen molar-refractivity contribution in [2.24, 2.45) is 0 Å². The molecule has 4 heteroatoms. The first-order chi connectivity index (χ1) is 8.60. The largest absolute Gasteiger partial charge is 0.496 e. The lowest BCUT2D eigenvalue weighted by Gasteiger charge is -2.31. The zero-order chi connectivity index (χ0) is 13.6. The number of hydrogen-bond acceptors (Lipinski definition) is 3. The summed E-state index contributed by atoms with van der Waals surface area (Å²) < 4.78 is 6.15. The van der Waals surface area contributed by atoms with E-state index in [1.54, 1.807) is 7.11 Å². The van der Waals surface area contributed by atoms with Crippen LogP contribution in [0.5, 0.6) is 5.75 Å². The molecule has 0 spiro atoms. The van der Waals surface area contributed by atoms with Crippen LogP contribution in [-0.2, 0) is 6.54 Å². The van der Waals surface area contributed by atoms with E-state index < -0.39 is 0 Å². The molecule has 1 aromatic rings. The number of aliphatic hydroxyl groups excluding tert-OH is 1. The molecule has 0 saturated heterocycles. The molecule has 0 fully saturated rings. The first kappa shape index (κ1) is 15.5. The topological polar surface area (TPSA) is 41.5 Å². The maximum atomic E-state index is 9.50. The first-order valence-electron chi connectivity index (χ1n) is 6.29. The number of methoxy groups -OCH3 is 1. The number of ether oxygens (including phenoxy) is 1. The van der Waals surface area contributed by atoms with Gasteiger partial charge in [-0.3, -0.25) is 0 Å². The van der Waals surface area contributed by atoms with E-state index in [9.17, 15) is 5.11 Å². The lowest BCUT2D eigenvalue weighted by atomic mass is 9.93. The Kier molecular flexibility index (Phi) is 6.12. The second-order valence-corrected chi connectivity index (χ2v) is 5.32. The molecular formula is C14H22BrNO2. The van der Waals surface area contributed by atoms with E-state index >= 15 is 0 Å². The fraction of sp³-hybridized carbons (Fsp3) is 0.571. The van der Waals surface area contributed by atoms with Gasteiger partial charge in [0.25, 0.3) is 0 Å².